The van der Waals surface area contributed by atoms with Gasteiger partial charge >= 0.3 is 0 Å². The van der Waals surface area contributed by atoms with E-state index in [2.05, 4.69) is 17.7 Å². The summed E-state index contributed by atoms with van der Waals surface area (Å²) in [7, 11) is 0. The number of amides is 1. The third-order valence-electron chi connectivity index (χ3n) is 3.94. The maximum atomic E-state index is 12.0. The maximum Gasteiger partial charge on any atom is 0.293 e. The van der Waals surface area contributed by atoms with Gasteiger partial charge in [-0.25, -0.2) is 0 Å². The van der Waals surface area contributed by atoms with E-state index in [0.29, 0.717) is 12.1 Å². The van der Waals surface area contributed by atoms with Gasteiger partial charge in [0.05, 0.1) is 4.92 Å². The van der Waals surface area contributed by atoms with Gasteiger partial charge in [-0.3, -0.25) is 20.8 Å². The number of benzene rings is 1. The predicted molar refractivity (Wildman–Crippen MR) is 75.2 cm³/mol. The van der Waals surface area contributed by atoms with E-state index in [9.17, 15) is 14.9 Å². The molecule has 0 heterocycles. The van der Waals surface area contributed by atoms with Crippen LogP contribution in [-0.4, -0.2) is 17.4 Å². The van der Waals surface area contributed by atoms with Crippen LogP contribution in [0.15, 0.2) is 18.2 Å². The van der Waals surface area contributed by atoms with Gasteiger partial charge in [-0.15, -0.1) is 0 Å². The zero-order chi connectivity index (χ0) is 14.8. The minimum atomic E-state index is -0.548. The molecule has 0 bridgehead atoms. The summed E-state index contributed by atoms with van der Waals surface area (Å²) >= 11 is 0. The number of nitrogens with two attached hydrogens (primary N) is 1. The number of carbonyl (C=O) groups is 1. The molecule has 1 aromatic carbocycles. The first-order chi connectivity index (χ1) is 9.51. The number of rotatable bonds is 6. The molecule has 1 saturated carbocycles. The number of hydrogen-bond acceptors (Lipinski definition) is 5. The van der Waals surface area contributed by atoms with Crippen LogP contribution in [0.3, 0.4) is 0 Å². The second-order valence-electron chi connectivity index (χ2n) is 5.17. The fourth-order valence-electron chi connectivity index (χ4n) is 2.15. The second kappa shape index (κ2) is 5.46. The van der Waals surface area contributed by atoms with Crippen LogP contribution in [0.25, 0.3) is 0 Å². The fraction of sp³-hybridized carbons (Fsp3) is 0.462. The Balaban J connectivity index is 2.08. The highest BCUT2D eigenvalue weighted by Gasteiger charge is 2.40. The Morgan fingerprint density at radius 1 is 1.50 bits per heavy atom. The molecular weight excluding hydrogens is 260 g/mol. The standard InChI is InChI=1S/C13H18N4O3/c1-2-13(5-6-13)8-15-12(18)9-3-4-11(17(19)20)10(7-9)16-14/h3-4,7,16H,2,5-6,8,14H2,1H3,(H,15,18). The topological polar surface area (TPSA) is 110 Å². The predicted octanol–water partition coefficient (Wildman–Crippen LogP) is 1.80. The number of carbonyl (C=O) groups excluding carboxylic acids is 1. The highest BCUT2D eigenvalue weighted by Crippen LogP contribution is 2.47. The third kappa shape index (κ3) is 2.88. The van der Waals surface area contributed by atoms with Crippen LogP contribution in [0, 0.1) is 15.5 Å². The van der Waals surface area contributed by atoms with Gasteiger partial charge < -0.3 is 10.7 Å². The van der Waals surface area contributed by atoms with Gasteiger partial charge in [0.1, 0.15) is 5.69 Å². The van der Waals surface area contributed by atoms with E-state index < -0.39 is 4.92 Å². The van der Waals surface area contributed by atoms with Crippen molar-refractivity contribution in [1.82, 2.24) is 5.32 Å². The molecule has 1 fully saturated rings. The van der Waals surface area contributed by atoms with E-state index in [1.165, 1.54) is 18.2 Å². The van der Waals surface area contributed by atoms with Crippen molar-refractivity contribution in [2.45, 2.75) is 26.2 Å². The lowest BCUT2D eigenvalue weighted by Crippen LogP contribution is -2.30. The molecule has 7 heteroatoms. The van der Waals surface area contributed by atoms with Crippen molar-refractivity contribution < 1.29 is 9.72 Å². The van der Waals surface area contributed by atoms with Crippen molar-refractivity contribution in [3.8, 4) is 0 Å². The van der Waals surface area contributed by atoms with E-state index >= 15 is 0 Å². The van der Waals surface area contributed by atoms with Crippen LogP contribution < -0.4 is 16.6 Å². The molecule has 7 nitrogen and oxygen atoms in total. The van der Waals surface area contributed by atoms with Crippen LogP contribution in [0.1, 0.15) is 36.5 Å². The van der Waals surface area contributed by atoms with Crippen LogP contribution in [0.4, 0.5) is 11.4 Å². The first-order valence-corrected chi connectivity index (χ1v) is 6.54. The number of hydrazine groups is 1. The van der Waals surface area contributed by atoms with Gasteiger partial charge in [-0.2, -0.15) is 0 Å². The number of nitrogen functional groups attached to an aromatic ring is 1. The van der Waals surface area contributed by atoms with Crippen LogP contribution in [0.5, 0.6) is 0 Å². The van der Waals surface area contributed by atoms with Crippen molar-refractivity contribution in [1.29, 1.82) is 0 Å². The first-order valence-electron chi connectivity index (χ1n) is 6.54. The van der Waals surface area contributed by atoms with E-state index in [-0.39, 0.29) is 22.7 Å². The Hall–Kier alpha value is -2.15. The van der Waals surface area contributed by atoms with Crippen LogP contribution in [0.2, 0.25) is 0 Å². The molecule has 0 spiro atoms. The Kier molecular flexibility index (Phi) is 3.89. The van der Waals surface area contributed by atoms with Crippen molar-refractivity contribution in [3.05, 3.63) is 33.9 Å². The van der Waals surface area contributed by atoms with E-state index in [0.717, 1.165) is 19.3 Å². The highest BCUT2D eigenvalue weighted by atomic mass is 16.6. The third-order valence-corrected chi connectivity index (χ3v) is 3.94. The van der Waals surface area contributed by atoms with Crippen LogP contribution >= 0.6 is 0 Å². The summed E-state index contributed by atoms with van der Waals surface area (Å²) < 4.78 is 0. The van der Waals surface area contributed by atoms with Gasteiger partial charge in [-0.1, -0.05) is 6.92 Å². The Morgan fingerprint density at radius 3 is 2.70 bits per heavy atom. The SMILES string of the molecule is CCC1(CNC(=O)c2ccc([N+](=O)[O-])c(NN)c2)CC1. The lowest BCUT2D eigenvalue weighted by atomic mass is 10.0. The first kappa shape index (κ1) is 14.3. The zero-order valence-corrected chi connectivity index (χ0v) is 11.3. The fourth-order valence-corrected chi connectivity index (χ4v) is 2.15. The average Bonchev–Trinajstić information content (AvgIpc) is 3.24. The average molecular weight is 278 g/mol. The molecule has 1 aliphatic rings. The second-order valence-corrected chi connectivity index (χ2v) is 5.17. The molecule has 0 radical (unpaired) electrons. The molecule has 1 aromatic rings. The summed E-state index contributed by atoms with van der Waals surface area (Å²) in [5.41, 5.74) is 2.83. The summed E-state index contributed by atoms with van der Waals surface area (Å²) in [5.74, 6) is 5.01. The summed E-state index contributed by atoms with van der Waals surface area (Å²) in [6.45, 7) is 2.76. The number of nitro benzene ring substituents is 1. The van der Waals surface area contributed by atoms with E-state index in [1.54, 1.807) is 0 Å². The van der Waals surface area contributed by atoms with E-state index in [4.69, 9.17) is 5.84 Å². The van der Waals surface area contributed by atoms with Gasteiger partial charge in [0.2, 0.25) is 0 Å². The molecule has 20 heavy (non-hydrogen) atoms. The summed E-state index contributed by atoms with van der Waals surface area (Å²) in [5, 5.41) is 13.7. The van der Waals surface area contributed by atoms with Crippen molar-refractivity contribution in [2.75, 3.05) is 12.0 Å². The smallest absolute Gasteiger partial charge is 0.293 e. The molecule has 0 unspecified atom stereocenters. The molecule has 1 aliphatic carbocycles. The van der Waals surface area contributed by atoms with Crippen molar-refractivity contribution in [2.24, 2.45) is 11.3 Å². The largest absolute Gasteiger partial charge is 0.351 e. The van der Waals surface area contributed by atoms with Gasteiger partial charge in [0.15, 0.2) is 0 Å². The Labute approximate surface area is 116 Å². The number of nitrogens with one attached hydrogen (secondary N) is 2. The minimum absolute atomic E-state index is 0.124. The normalized spacial score (nSPS) is 15.5. The highest BCUT2D eigenvalue weighted by molar-refractivity contribution is 5.95. The van der Waals surface area contributed by atoms with Crippen molar-refractivity contribution in [3.63, 3.8) is 0 Å². The quantitative estimate of drug-likeness (QED) is 0.417. The molecule has 0 saturated heterocycles. The van der Waals surface area contributed by atoms with Gasteiger partial charge in [-0.05, 0) is 36.8 Å². The molecule has 1 amide bonds. The van der Waals surface area contributed by atoms with Gasteiger partial charge in [0.25, 0.3) is 11.6 Å². The molecule has 0 atom stereocenters. The molecule has 4 N–H and O–H groups in total. The summed E-state index contributed by atoms with van der Waals surface area (Å²) in [6.07, 6.45) is 3.32. The zero-order valence-electron chi connectivity index (χ0n) is 11.3. The molecule has 108 valence electrons. The van der Waals surface area contributed by atoms with Gasteiger partial charge in [0, 0.05) is 18.2 Å². The maximum absolute atomic E-state index is 12.0. The van der Waals surface area contributed by atoms with Crippen LogP contribution in [-0.2, 0) is 0 Å². The lowest BCUT2D eigenvalue weighted by molar-refractivity contribution is -0.384. The molecule has 0 aliphatic heterocycles. The Bertz CT molecular complexity index is 540. The molecule has 0 aromatic heterocycles. The number of anilines is 1. The number of hydrogen-bond donors (Lipinski definition) is 3. The number of nitro groups is 1. The molecular formula is C13H18N4O3. The molecule has 2 rings (SSSR count). The van der Waals surface area contributed by atoms with E-state index in [1.807, 2.05) is 0 Å². The lowest BCUT2D eigenvalue weighted by Gasteiger charge is -2.13. The monoisotopic (exact) mass is 278 g/mol. The minimum Gasteiger partial charge on any atom is -0.351 e. The summed E-state index contributed by atoms with van der Waals surface area (Å²) in [4.78, 5) is 22.3. The summed E-state index contributed by atoms with van der Waals surface area (Å²) in [6, 6.07) is 4.09. The Morgan fingerprint density at radius 2 is 2.20 bits per heavy atom. The number of nitrogens with zero attached hydrogens (tertiary/aromatic N) is 1. The van der Waals surface area contributed by atoms with Crippen molar-refractivity contribution >= 4 is 17.3 Å².